The molecule has 0 saturated heterocycles. The number of halogens is 1. The van der Waals surface area contributed by atoms with Crippen LogP contribution in [-0.2, 0) is 0 Å². The topological polar surface area (TPSA) is 38.3 Å². The Bertz CT molecular complexity index is 464. The lowest BCUT2D eigenvalue weighted by Gasteiger charge is -2.31. The van der Waals surface area contributed by atoms with Gasteiger partial charge >= 0.3 is 0 Å². The maximum absolute atomic E-state index is 12.4. The van der Waals surface area contributed by atoms with Gasteiger partial charge in [0.2, 0.25) is 0 Å². The molecule has 0 bridgehead atoms. The van der Waals surface area contributed by atoms with Gasteiger partial charge in [0.05, 0.1) is 6.61 Å². The zero-order valence-corrected chi connectivity index (χ0v) is 14.2. The molecule has 4 heteroatoms. The Balaban J connectivity index is 1.98. The summed E-state index contributed by atoms with van der Waals surface area (Å²) < 4.78 is 5.59. The molecule has 1 aliphatic carbocycles. The molecular weight excluding hydrogens is 330 g/mol. The number of amides is 1. The summed E-state index contributed by atoms with van der Waals surface area (Å²) >= 11 is 3.57. The van der Waals surface area contributed by atoms with Gasteiger partial charge in [0.15, 0.2) is 0 Å². The molecule has 1 N–H and O–H groups in total. The number of carbonyl (C=O) groups is 1. The molecule has 1 aliphatic rings. The van der Waals surface area contributed by atoms with Crippen LogP contribution in [0.25, 0.3) is 0 Å². The Morgan fingerprint density at radius 2 is 2.19 bits per heavy atom. The van der Waals surface area contributed by atoms with Crippen LogP contribution in [0.15, 0.2) is 24.3 Å². The van der Waals surface area contributed by atoms with Gasteiger partial charge in [-0.05, 0) is 43.4 Å². The van der Waals surface area contributed by atoms with Crippen LogP contribution in [-0.4, -0.2) is 23.9 Å². The molecule has 0 heterocycles. The third-order valence-electron chi connectivity index (χ3n) is 3.99. The summed E-state index contributed by atoms with van der Waals surface area (Å²) in [7, 11) is 0. The highest BCUT2D eigenvalue weighted by Crippen LogP contribution is 2.26. The van der Waals surface area contributed by atoms with Gasteiger partial charge < -0.3 is 10.1 Å². The van der Waals surface area contributed by atoms with Crippen molar-refractivity contribution in [2.75, 3.05) is 11.9 Å². The zero-order chi connectivity index (χ0) is 15.1. The largest absolute Gasteiger partial charge is 0.494 e. The SMILES string of the molecule is CCCOc1cccc(C(=O)NC2CCCCC2CBr)c1. The van der Waals surface area contributed by atoms with E-state index in [0.717, 1.165) is 23.9 Å². The van der Waals surface area contributed by atoms with Gasteiger partial charge in [-0.3, -0.25) is 4.79 Å². The smallest absolute Gasteiger partial charge is 0.251 e. The molecular formula is C17H24BrNO2. The highest BCUT2D eigenvalue weighted by molar-refractivity contribution is 9.09. The number of ether oxygens (including phenoxy) is 1. The van der Waals surface area contributed by atoms with E-state index >= 15 is 0 Å². The van der Waals surface area contributed by atoms with Gasteiger partial charge in [0.1, 0.15) is 5.75 Å². The van der Waals surface area contributed by atoms with Crippen LogP contribution in [0.4, 0.5) is 0 Å². The fourth-order valence-corrected chi connectivity index (χ4v) is 3.56. The first kappa shape index (κ1) is 16.3. The minimum absolute atomic E-state index is 0.00907. The molecule has 0 radical (unpaired) electrons. The lowest BCUT2D eigenvalue weighted by molar-refractivity contribution is 0.0911. The third-order valence-corrected chi connectivity index (χ3v) is 4.82. The lowest BCUT2D eigenvalue weighted by Crippen LogP contribution is -2.42. The van der Waals surface area contributed by atoms with E-state index in [0.29, 0.717) is 18.1 Å². The first-order valence-corrected chi connectivity index (χ1v) is 8.96. The predicted molar refractivity (Wildman–Crippen MR) is 89.2 cm³/mol. The molecule has 2 unspecified atom stereocenters. The number of nitrogens with one attached hydrogen (secondary N) is 1. The zero-order valence-electron chi connectivity index (χ0n) is 12.6. The highest BCUT2D eigenvalue weighted by Gasteiger charge is 2.25. The molecule has 2 atom stereocenters. The number of hydrogen-bond acceptors (Lipinski definition) is 2. The van der Waals surface area contributed by atoms with Crippen molar-refractivity contribution in [3.8, 4) is 5.75 Å². The Hall–Kier alpha value is -1.03. The second kappa shape index (κ2) is 8.42. The van der Waals surface area contributed by atoms with Crippen LogP contribution in [0.5, 0.6) is 5.75 Å². The molecule has 1 amide bonds. The number of hydrogen-bond donors (Lipinski definition) is 1. The molecule has 1 saturated carbocycles. The van der Waals surface area contributed by atoms with Crippen molar-refractivity contribution in [2.24, 2.45) is 5.92 Å². The van der Waals surface area contributed by atoms with Crippen LogP contribution in [0.1, 0.15) is 49.4 Å². The van der Waals surface area contributed by atoms with Crippen molar-refractivity contribution in [2.45, 2.75) is 45.1 Å². The van der Waals surface area contributed by atoms with Gasteiger partial charge in [0.25, 0.3) is 5.91 Å². The summed E-state index contributed by atoms with van der Waals surface area (Å²) in [5.41, 5.74) is 0.683. The van der Waals surface area contributed by atoms with Crippen molar-refractivity contribution < 1.29 is 9.53 Å². The summed E-state index contributed by atoms with van der Waals surface area (Å²) in [5, 5.41) is 4.15. The average molecular weight is 354 g/mol. The number of rotatable bonds is 6. The van der Waals surface area contributed by atoms with Gasteiger partial charge in [-0.15, -0.1) is 0 Å². The first-order chi connectivity index (χ1) is 10.2. The lowest BCUT2D eigenvalue weighted by atomic mass is 9.86. The second-order valence-electron chi connectivity index (χ2n) is 5.66. The van der Waals surface area contributed by atoms with Gasteiger partial charge in [-0.2, -0.15) is 0 Å². The monoisotopic (exact) mass is 353 g/mol. The first-order valence-electron chi connectivity index (χ1n) is 7.84. The summed E-state index contributed by atoms with van der Waals surface area (Å²) in [6.45, 7) is 2.75. The van der Waals surface area contributed by atoms with E-state index in [1.807, 2.05) is 24.3 Å². The Morgan fingerprint density at radius 3 is 2.95 bits per heavy atom. The summed E-state index contributed by atoms with van der Waals surface area (Å²) in [5.74, 6) is 1.32. The molecule has 0 aliphatic heterocycles. The number of benzene rings is 1. The molecule has 1 aromatic rings. The third kappa shape index (κ3) is 4.73. The molecule has 0 aromatic heterocycles. The maximum Gasteiger partial charge on any atom is 0.251 e. The maximum atomic E-state index is 12.4. The molecule has 0 spiro atoms. The van der Waals surface area contributed by atoms with Crippen LogP contribution in [0.2, 0.25) is 0 Å². The normalized spacial score (nSPS) is 21.8. The van der Waals surface area contributed by atoms with Crippen molar-refractivity contribution in [1.82, 2.24) is 5.32 Å². The van der Waals surface area contributed by atoms with Crippen molar-refractivity contribution in [1.29, 1.82) is 0 Å². The predicted octanol–water partition coefficient (Wildman–Crippen LogP) is 4.16. The number of alkyl halides is 1. The van der Waals surface area contributed by atoms with Gasteiger partial charge in [-0.25, -0.2) is 0 Å². The summed E-state index contributed by atoms with van der Waals surface area (Å²) in [6, 6.07) is 7.74. The van der Waals surface area contributed by atoms with Crippen LogP contribution in [0, 0.1) is 5.92 Å². The van der Waals surface area contributed by atoms with E-state index < -0.39 is 0 Å². The molecule has 116 valence electrons. The molecule has 1 fully saturated rings. The van der Waals surface area contributed by atoms with Gasteiger partial charge in [-0.1, -0.05) is 41.8 Å². The van der Waals surface area contributed by atoms with E-state index in [9.17, 15) is 4.79 Å². The van der Waals surface area contributed by atoms with E-state index in [1.54, 1.807) is 0 Å². The van der Waals surface area contributed by atoms with E-state index in [2.05, 4.69) is 28.2 Å². The Labute approximate surface area is 135 Å². The highest BCUT2D eigenvalue weighted by atomic mass is 79.9. The second-order valence-corrected chi connectivity index (χ2v) is 6.30. The van der Waals surface area contributed by atoms with E-state index in [1.165, 1.54) is 19.3 Å². The van der Waals surface area contributed by atoms with E-state index in [-0.39, 0.29) is 11.9 Å². The van der Waals surface area contributed by atoms with Crippen LogP contribution in [0.3, 0.4) is 0 Å². The molecule has 1 aromatic carbocycles. The average Bonchev–Trinajstić information content (AvgIpc) is 2.53. The quantitative estimate of drug-likeness (QED) is 0.779. The molecule has 3 nitrogen and oxygen atoms in total. The fraction of sp³-hybridized carbons (Fsp3) is 0.588. The van der Waals surface area contributed by atoms with Gasteiger partial charge in [0, 0.05) is 16.9 Å². The molecule has 21 heavy (non-hydrogen) atoms. The van der Waals surface area contributed by atoms with E-state index in [4.69, 9.17) is 4.74 Å². The minimum atomic E-state index is 0.00907. The van der Waals surface area contributed by atoms with Crippen molar-refractivity contribution in [3.63, 3.8) is 0 Å². The van der Waals surface area contributed by atoms with Crippen LogP contribution >= 0.6 is 15.9 Å². The van der Waals surface area contributed by atoms with Crippen LogP contribution < -0.4 is 10.1 Å². The Kier molecular flexibility index (Phi) is 6.55. The Morgan fingerprint density at radius 1 is 1.38 bits per heavy atom. The fourth-order valence-electron chi connectivity index (χ4n) is 2.78. The molecule has 2 rings (SSSR count). The summed E-state index contributed by atoms with van der Waals surface area (Å²) in [6.07, 6.45) is 5.70. The van der Waals surface area contributed by atoms with Crippen molar-refractivity contribution in [3.05, 3.63) is 29.8 Å². The minimum Gasteiger partial charge on any atom is -0.494 e. The summed E-state index contributed by atoms with van der Waals surface area (Å²) in [4.78, 5) is 12.4. The standard InChI is InChI=1S/C17H24BrNO2/c1-2-10-21-15-8-5-7-13(11-15)17(20)19-16-9-4-3-6-14(16)12-18/h5,7-8,11,14,16H,2-4,6,9-10,12H2,1H3,(H,19,20). The van der Waals surface area contributed by atoms with Crippen molar-refractivity contribution >= 4 is 21.8 Å². The number of carbonyl (C=O) groups excluding carboxylic acids is 1.